The van der Waals surface area contributed by atoms with Crippen LogP contribution in [0.1, 0.15) is 44.9 Å². The lowest BCUT2D eigenvalue weighted by atomic mass is 9.91. The van der Waals surface area contributed by atoms with E-state index in [1.807, 2.05) is 0 Å². The second-order valence-corrected chi connectivity index (χ2v) is 6.94. The number of benzene rings is 3. The van der Waals surface area contributed by atoms with Crippen LogP contribution in [-0.4, -0.2) is 31.6 Å². The van der Waals surface area contributed by atoms with E-state index in [4.69, 9.17) is 9.47 Å². The first kappa shape index (κ1) is 24.0. The number of alkyl halides is 3. The van der Waals surface area contributed by atoms with Gasteiger partial charge in [-0.25, -0.2) is 0 Å². The van der Waals surface area contributed by atoms with Gasteiger partial charge in [-0.3, -0.25) is 9.59 Å². The van der Waals surface area contributed by atoms with Crippen LogP contribution in [0.5, 0.6) is 11.5 Å². The summed E-state index contributed by atoms with van der Waals surface area (Å²) < 4.78 is 52.4. The predicted molar refractivity (Wildman–Crippen MR) is 115 cm³/mol. The van der Waals surface area contributed by atoms with Crippen molar-refractivity contribution < 1.29 is 37.0 Å². The first-order valence-electron chi connectivity index (χ1n) is 10.0. The average molecular weight is 458 g/mol. The fourth-order valence-corrected chi connectivity index (χ4v) is 3.35. The Hall–Kier alpha value is -3.65. The quantitative estimate of drug-likeness (QED) is 0.300. The Kier molecular flexibility index (Phi) is 7.50. The fraction of sp³-hybridized carbons (Fsp3) is 0.200. The Morgan fingerprint density at radius 1 is 0.879 bits per heavy atom. The van der Waals surface area contributed by atoms with Crippen molar-refractivity contribution in [3.63, 3.8) is 0 Å². The SMILES string of the molecule is CCOc1ccc(C(OC)c2ccc(OC(F)(F)F)cc2)c(C(=O)C(=O)c2ccccc2)c1. The van der Waals surface area contributed by atoms with Gasteiger partial charge in [0.25, 0.3) is 0 Å². The molecule has 0 amide bonds. The topological polar surface area (TPSA) is 61.8 Å². The van der Waals surface area contributed by atoms with Gasteiger partial charge in [-0.1, -0.05) is 48.5 Å². The molecule has 0 aliphatic heterocycles. The minimum absolute atomic E-state index is 0.0808. The van der Waals surface area contributed by atoms with E-state index in [0.717, 1.165) is 12.1 Å². The maximum Gasteiger partial charge on any atom is 0.573 e. The van der Waals surface area contributed by atoms with Crippen LogP contribution < -0.4 is 9.47 Å². The molecule has 0 aliphatic rings. The molecule has 1 atom stereocenters. The summed E-state index contributed by atoms with van der Waals surface area (Å²) in [6.07, 6.45) is -5.64. The lowest BCUT2D eigenvalue weighted by Crippen LogP contribution is -2.19. The van der Waals surface area contributed by atoms with Crippen molar-refractivity contribution in [3.05, 3.63) is 95.1 Å². The summed E-state index contributed by atoms with van der Waals surface area (Å²) in [5.74, 6) is -1.44. The van der Waals surface area contributed by atoms with Crippen molar-refractivity contribution in [2.75, 3.05) is 13.7 Å². The second-order valence-electron chi connectivity index (χ2n) is 6.94. The highest BCUT2D eigenvalue weighted by atomic mass is 19.4. The Morgan fingerprint density at radius 2 is 1.52 bits per heavy atom. The number of halogens is 3. The number of carbonyl (C=O) groups excluding carboxylic acids is 2. The lowest BCUT2D eigenvalue weighted by molar-refractivity contribution is -0.274. The molecular formula is C25H21F3O5. The number of ether oxygens (including phenoxy) is 3. The van der Waals surface area contributed by atoms with Crippen LogP contribution in [0.3, 0.4) is 0 Å². The molecule has 0 saturated heterocycles. The van der Waals surface area contributed by atoms with Crippen molar-refractivity contribution in [1.29, 1.82) is 0 Å². The Balaban J connectivity index is 2.01. The molecule has 172 valence electrons. The first-order valence-corrected chi connectivity index (χ1v) is 10.0. The highest BCUT2D eigenvalue weighted by molar-refractivity contribution is 6.49. The maximum atomic E-state index is 13.2. The van der Waals surface area contributed by atoms with Gasteiger partial charge >= 0.3 is 6.36 Å². The molecule has 0 bridgehead atoms. The van der Waals surface area contributed by atoms with Crippen LogP contribution in [-0.2, 0) is 4.74 Å². The number of hydrogen-bond donors (Lipinski definition) is 0. The second kappa shape index (κ2) is 10.3. The summed E-state index contributed by atoms with van der Waals surface area (Å²) >= 11 is 0. The van der Waals surface area contributed by atoms with Crippen LogP contribution in [0.15, 0.2) is 72.8 Å². The van der Waals surface area contributed by atoms with Gasteiger partial charge in [0.2, 0.25) is 11.6 Å². The van der Waals surface area contributed by atoms with E-state index in [0.29, 0.717) is 23.5 Å². The average Bonchev–Trinajstić information content (AvgIpc) is 2.80. The molecule has 0 heterocycles. The van der Waals surface area contributed by atoms with E-state index < -0.39 is 24.0 Å². The van der Waals surface area contributed by atoms with Gasteiger partial charge in [-0.05, 0) is 42.3 Å². The summed E-state index contributed by atoms with van der Waals surface area (Å²) in [4.78, 5) is 26.0. The Morgan fingerprint density at radius 3 is 2.09 bits per heavy atom. The molecule has 0 radical (unpaired) electrons. The number of rotatable bonds is 9. The summed E-state index contributed by atoms with van der Waals surface area (Å²) in [5.41, 5.74) is 1.16. The summed E-state index contributed by atoms with van der Waals surface area (Å²) in [6.45, 7) is 2.14. The zero-order valence-corrected chi connectivity index (χ0v) is 17.9. The van der Waals surface area contributed by atoms with Gasteiger partial charge in [0.15, 0.2) is 0 Å². The summed E-state index contributed by atoms with van der Waals surface area (Å²) in [6, 6.07) is 17.9. The van der Waals surface area contributed by atoms with Gasteiger partial charge in [0.05, 0.1) is 6.61 Å². The van der Waals surface area contributed by atoms with Crippen LogP contribution in [0.2, 0.25) is 0 Å². The van der Waals surface area contributed by atoms with Gasteiger partial charge in [0, 0.05) is 18.2 Å². The molecule has 3 aromatic carbocycles. The molecule has 33 heavy (non-hydrogen) atoms. The van der Waals surface area contributed by atoms with Crippen molar-refractivity contribution in [2.45, 2.75) is 19.4 Å². The summed E-state index contributed by atoms with van der Waals surface area (Å²) in [7, 11) is 1.40. The molecule has 3 rings (SSSR count). The fourth-order valence-electron chi connectivity index (χ4n) is 3.35. The van der Waals surface area contributed by atoms with Crippen molar-refractivity contribution in [3.8, 4) is 11.5 Å². The van der Waals surface area contributed by atoms with Crippen molar-refractivity contribution in [2.24, 2.45) is 0 Å². The minimum atomic E-state index is -4.81. The smallest absolute Gasteiger partial charge is 0.494 e. The molecule has 8 heteroatoms. The largest absolute Gasteiger partial charge is 0.573 e. The first-order chi connectivity index (χ1) is 15.7. The molecule has 0 aromatic heterocycles. The Labute approximate surface area is 188 Å². The van der Waals surface area contributed by atoms with E-state index in [9.17, 15) is 22.8 Å². The molecule has 0 aliphatic carbocycles. The van der Waals surface area contributed by atoms with Crippen LogP contribution in [0, 0.1) is 0 Å². The normalized spacial score (nSPS) is 12.2. The van der Waals surface area contributed by atoms with E-state index in [1.165, 1.54) is 25.3 Å². The molecular weight excluding hydrogens is 437 g/mol. The highest BCUT2D eigenvalue weighted by Gasteiger charge is 2.31. The van der Waals surface area contributed by atoms with E-state index in [1.54, 1.807) is 49.4 Å². The van der Waals surface area contributed by atoms with Crippen LogP contribution in [0.4, 0.5) is 13.2 Å². The van der Waals surface area contributed by atoms with Gasteiger partial charge in [-0.2, -0.15) is 0 Å². The number of Topliss-reactive ketones (excluding diaryl/α,β-unsaturated/α-hetero) is 2. The molecule has 5 nitrogen and oxygen atoms in total. The standard InChI is InChI=1S/C25H21F3O5/c1-3-32-19-13-14-20(21(15-19)23(30)22(29)16-7-5-4-6-8-16)24(31-2)17-9-11-18(12-10-17)33-25(26,27)28/h4-15,24H,3H2,1-2H3. The van der Waals surface area contributed by atoms with Gasteiger partial charge in [-0.15, -0.1) is 13.2 Å². The molecule has 0 saturated carbocycles. The number of methoxy groups -OCH3 is 1. The minimum Gasteiger partial charge on any atom is -0.494 e. The number of ketones is 2. The third kappa shape index (κ3) is 5.98. The zero-order valence-electron chi connectivity index (χ0n) is 17.9. The lowest BCUT2D eigenvalue weighted by Gasteiger charge is -2.20. The van der Waals surface area contributed by atoms with Crippen molar-refractivity contribution >= 4 is 11.6 Å². The number of carbonyl (C=O) groups is 2. The maximum absolute atomic E-state index is 13.2. The predicted octanol–water partition coefficient (Wildman–Crippen LogP) is 5.79. The molecule has 3 aromatic rings. The highest BCUT2D eigenvalue weighted by Crippen LogP contribution is 2.33. The summed E-state index contributed by atoms with van der Waals surface area (Å²) in [5, 5.41) is 0. The van der Waals surface area contributed by atoms with E-state index in [-0.39, 0.29) is 16.9 Å². The number of hydrogen-bond acceptors (Lipinski definition) is 5. The Bertz CT molecular complexity index is 1110. The van der Waals surface area contributed by atoms with Crippen LogP contribution >= 0.6 is 0 Å². The third-order valence-electron chi connectivity index (χ3n) is 4.76. The van der Waals surface area contributed by atoms with Gasteiger partial charge in [0.1, 0.15) is 17.6 Å². The zero-order chi connectivity index (χ0) is 24.0. The molecule has 0 spiro atoms. The van der Waals surface area contributed by atoms with E-state index >= 15 is 0 Å². The molecule has 1 unspecified atom stereocenters. The van der Waals surface area contributed by atoms with E-state index in [2.05, 4.69) is 4.74 Å². The molecule has 0 fully saturated rings. The van der Waals surface area contributed by atoms with Gasteiger partial charge < -0.3 is 14.2 Å². The molecule has 0 N–H and O–H groups in total. The van der Waals surface area contributed by atoms with Crippen molar-refractivity contribution in [1.82, 2.24) is 0 Å². The van der Waals surface area contributed by atoms with Crippen LogP contribution in [0.25, 0.3) is 0 Å². The third-order valence-corrected chi connectivity index (χ3v) is 4.76. The monoisotopic (exact) mass is 458 g/mol.